The van der Waals surface area contributed by atoms with Crippen LogP contribution >= 0.6 is 15.9 Å². The number of hydrogen-bond donors (Lipinski definition) is 3. The van der Waals surface area contributed by atoms with Gasteiger partial charge in [-0.1, -0.05) is 15.9 Å². The smallest absolute Gasteiger partial charge is 0.414 e. The fourth-order valence-corrected chi connectivity index (χ4v) is 3.06. The van der Waals surface area contributed by atoms with Crippen molar-refractivity contribution in [1.29, 1.82) is 0 Å². The lowest BCUT2D eigenvalue weighted by Gasteiger charge is -2.34. The molecule has 1 aromatic heterocycles. The molecule has 3 N–H and O–H groups in total. The van der Waals surface area contributed by atoms with Crippen molar-refractivity contribution in [2.45, 2.75) is 13.1 Å². The standard InChI is InChI=1S/C16H19BrN2O2.C2H2O4/c17-14-3-4-16(20)13(10-14)11-18-5-7-19(8-6-18)12-15-2-1-9-21-15;3-1(4)2(5)6/h1-4,9-10,20H,5-8,11-12H2;(H,3,4)(H,5,6). The molecular weight excluding hydrogens is 420 g/mol. The number of halogens is 1. The molecular formula is C18H21BrN2O6. The van der Waals surface area contributed by atoms with Crippen molar-refractivity contribution in [2.75, 3.05) is 26.2 Å². The van der Waals surface area contributed by atoms with Crippen LogP contribution in [-0.4, -0.2) is 63.2 Å². The maximum Gasteiger partial charge on any atom is 0.414 e. The number of phenolic OH excluding ortho intramolecular Hbond substituents is 1. The molecule has 2 heterocycles. The number of aliphatic carboxylic acids is 2. The van der Waals surface area contributed by atoms with Crippen molar-refractivity contribution in [2.24, 2.45) is 0 Å². The number of rotatable bonds is 4. The van der Waals surface area contributed by atoms with Crippen LogP contribution < -0.4 is 0 Å². The Hall–Kier alpha value is -2.36. The van der Waals surface area contributed by atoms with Crippen molar-refractivity contribution in [1.82, 2.24) is 9.80 Å². The predicted octanol–water partition coefficient (Wildman–Crippen LogP) is 2.22. The van der Waals surface area contributed by atoms with Gasteiger partial charge in [-0.2, -0.15) is 0 Å². The van der Waals surface area contributed by atoms with Crippen LogP contribution in [0.25, 0.3) is 0 Å². The van der Waals surface area contributed by atoms with Gasteiger partial charge in [0.15, 0.2) is 0 Å². The van der Waals surface area contributed by atoms with Gasteiger partial charge in [0.25, 0.3) is 0 Å². The summed E-state index contributed by atoms with van der Waals surface area (Å²) in [6.45, 7) is 5.73. The second kappa shape index (κ2) is 10.1. The van der Waals surface area contributed by atoms with E-state index >= 15 is 0 Å². The van der Waals surface area contributed by atoms with Crippen molar-refractivity contribution < 1.29 is 29.3 Å². The molecule has 0 radical (unpaired) electrons. The van der Waals surface area contributed by atoms with Gasteiger partial charge >= 0.3 is 11.9 Å². The third-order valence-electron chi connectivity index (χ3n) is 4.04. The second-order valence-electron chi connectivity index (χ2n) is 6.01. The first-order valence-corrected chi connectivity index (χ1v) is 9.05. The maximum absolute atomic E-state index is 9.92. The van der Waals surface area contributed by atoms with Gasteiger partial charge in [0, 0.05) is 42.8 Å². The van der Waals surface area contributed by atoms with Crippen molar-refractivity contribution in [3.63, 3.8) is 0 Å². The largest absolute Gasteiger partial charge is 0.508 e. The minimum Gasteiger partial charge on any atom is -0.508 e. The first-order valence-electron chi connectivity index (χ1n) is 8.26. The van der Waals surface area contributed by atoms with Crippen LogP contribution in [0.5, 0.6) is 5.75 Å². The number of carbonyl (C=O) groups is 2. The van der Waals surface area contributed by atoms with E-state index in [1.54, 1.807) is 12.3 Å². The van der Waals surface area contributed by atoms with Crippen LogP contribution in [0.15, 0.2) is 45.5 Å². The zero-order chi connectivity index (χ0) is 19.8. The van der Waals surface area contributed by atoms with Crippen LogP contribution in [0, 0.1) is 0 Å². The Bertz CT molecular complexity index is 745. The van der Waals surface area contributed by atoms with Gasteiger partial charge in [0.1, 0.15) is 11.5 Å². The zero-order valence-corrected chi connectivity index (χ0v) is 16.1. The van der Waals surface area contributed by atoms with Gasteiger partial charge in [0.2, 0.25) is 0 Å². The lowest BCUT2D eigenvalue weighted by Crippen LogP contribution is -2.45. The Labute approximate surface area is 164 Å². The highest BCUT2D eigenvalue weighted by Gasteiger charge is 2.18. The van der Waals surface area contributed by atoms with Crippen LogP contribution in [0.1, 0.15) is 11.3 Å². The van der Waals surface area contributed by atoms with Crippen molar-refractivity contribution in [3.8, 4) is 5.75 Å². The Morgan fingerprint density at radius 3 is 2.11 bits per heavy atom. The Kier molecular flexibility index (Phi) is 7.83. The average molecular weight is 441 g/mol. The predicted molar refractivity (Wildman–Crippen MR) is 100 cm³/mol. The molecule has 8 nitrogen and oxygen atoms in total. The van der Waals surface area contributed by atoms with E-state index in [1.807, 2.05) is 24.3 Å². The fraction of sp³-hybridized carbons (Fsp3) is 0.333. The molecule has 1 aliphatic rings. The minimum absolute atomic E-state index is 0.371. The van der Waals surface area contributed by atoms with Gasteiger partial charge in [-0.25, -0.2) is 9.59 Å². The summed E-state index contributed by atoms with van der Waals surface area (Å²) in [5.74, 6) is -2.26. The normalized spacial score (nSPS) is 15.0. The van der Waals surface area contributed by atoms with E-state index in [9.17, 15) is 5.11 Å². The molecule has 0 saturated carbocycles. The third kappa shape index (κ3) is 7.05. The molecule has 1 aromatic carbocycles. The topological polar surface area (TPSA) is 114 Å². The van der Waals surface area contributed by atoms with Gasteiger partial charge < -0.3 is 19.7 Å². The second-order valence-corrected chi connectivity index (χ2v) is 6.93. The maximum atomic E-state index is 9.92. The summed E-state index contributed by atoms with van der Waals surface area (Å²) in [6, 6.07) is 9.55. The molecule has 1 saturated heterocycles. The van der Waals surface area contributed by atoms with Crippen molar-refractivity contribution >= 4 is 27.9 Å². The Balaban J connectivity index is 0.000000380. The summed E-state index contributed by atoms with van der Waals surface area (Å²) in [6.07, 6.45) is 1.72. The zero-order valence-electron chi connectivity index (χ0n) is 14.5. The van der Waals surface area contributed by atoms with Gasteiger partial charge in [-0.3, -0.25) is 9.80 Å². The molecule has 1 aliphatic heterocycles. The number of carboxylic acids is 2. The van der Waals surface area contributed by atoms with E-state index in [2.05, 4.69) is 25.7 Å². The number of carboxylic acid groups (broad SMARTS) is 2. The number of hydrogen-bond acceptors (Lipinski definition) is 6. The summed E-state index contributed by atoms with van der Waals surface area (Å²) in [4.78, 5) is 23.0. The monoisotopic (exact) mass is 440 g/mol. The van der Waals surface area contributed by atoms with Crippen molar-refractivity contribution in [3.05, 3.63) is 52.4 Å². The summed E-state index contributed by atoms with van der Waals surface area (Å²) in [7, 11) is 0. The summed E-state index contributed by atoms with van der Waals surface area (Å²) >= 11 is 3.46. The summed E-state index contributed by atoms with van der Waals surface area (Å²) in [5.41, 5.74) is 0.976. The van der Waals surface area contributed by atoms with E-state index in [-0.39, 0.29) is 0 Å². The molecule has 2 aromatic rings. The van der Waals surface area contributed by atoms with E-state index < -0.39 is 11.9 Å². The van der Waals surface area contributed by atoms with Crippen LogP contribution in [-0.2, 0) is 22.7 Å². The first-order chi connectivity index (χ1) is 12.8. The van der Waals surface area contributed by atoms with Gasteiger partial charge in [0.05, 0.1) is 12.8 Å². The minimum atomic E-state index is -1.82. The number of phenols is 1. The van der Waals surface area contributed by atoms with Crippen LogP contribution in [0.3, 0.4) is 0 Å². The number of benzene rings is 1. The first kappa shape index (κ1) is 20.9. The number of piperazine rings is 1. The molecule has 0 unspecified atom stereocenters. The van der Waals surface area contributed by atoms with Crippen LogP contribution in [0.4, 0.5) is 0 Å². The molecule has 9 heteroatoms. The SMILES string of the molecule is O=C(O)C(=O)O.Oc1ccc(Br)cc1CN1CCN(Cc2ccco2)CC1. The molecule has 27 heavy (non-hydrogen) atoms. The molecule has 0 atom stereocenters. The van der Waals surface area contributed by atoms with Gasteiger partial charge in [-0.05, 0) is 30.3 Å². The van der Waals surface area contributed by atoms with Crippen LogP contribution in [0.2, 0.25) is 0 Å². The molecule has 0 amide bonds. The molecule has 0 bridgehead atoms. The number of furan rings is 1. The van der Waals surface area contributed by atoms with E-state index in [0.717, 1.165) is 55.1 Å². The lowest BCUT2D eigenvalue weighted by molar-refractivity contribution is -0.159. The number of nitrogens with zero attached hydrogens (tertiary/aromatic N) is 2. The van der Waals surface area contributed by atoms with E-state index in [1.165, 1.54) is 0 Å². The third-order valence-corrected chi connectivity index (χ3v) is 4.54. The van der Waals surface area contributed by atoms with E-state index in [4.69, 9.17) is 24.2 Å². The summed E-state index contributed by atoms with van der Waals surface area (Å²) < 4.78 is 6.40. The molecule has 0 aliphatic carbocycles. The quantitative estimate of drug-likeness (QED) is 0.619. The highest BCUT2D eigenvalue weighted by Crippen LogP contribution is 2.23. The van der Waals surface area contributed by atoms with E-state index in [0.29, 0.717) is 5.75 Å². The Morgan fingerprint density at radius 2 is 1.59 bits per heavy atom. The molecule has 3 rings (SSSR count). The summed E-state index contributed by atoms with van der Waals surface area (Å²) in [5, 5.41) is 24.7. The average Bonchev–Trinajstić information content (AvgIpc) is 3.13. The molecule has 0 spiro atoms. The molecule has 1 fully saturated rings. The van der Waals surface area contributed by atoms with Gasteiger partial charge in [-0.15, -0.1) is 0 Å². The lowest BCUT2D eigenvalue weighted by atomic mass is 10.1. The highest BCUT2D eigenvalue weighted by atomic mass is 79.9. The number of aromatic hydroxyl groups is 1. The fourth-order valence-electron chi connectivity index (χ4n) is 2.65. The molecule has 146 valence electrons. The highest BCUT2D eigenvalue weighted by molar-refractivity contribution is 9.10. The Morgan fingerprint density at radius 1 is 1.00 bits per heavy atom.